The first kappa shape index (κ1) is 30.1. The molecule has 2 aliphatic rings. The first-order valence-corrected chi connectivity index (χ1v) is 15.8. The second kappa shape index (κ2) is 12.2. The number of hydrogen-bond donors (Lipinski definition) is 1. The van der Waals surface area contributed by atoms with Crippen LogP contribution in [0.1, 0.15) is 76.7 Å². The third-order valence-corrected chi connectivity index (χ3v) is 8.71. The van der Waals surface area contributed by atoms with Gasteiger partial charge in [-0.15, -0.1) is 0 Å². The summed E-state index contributed by atoms with van der Waals surface area (Å²) in [5.41, 5.74) is 5.60. The van der Waals surface area contributed by atoms with E-state index in [1.54, 1.807) is 17.1 Å². The lowest BCUT2D eigenvalue weighted by Gasteiger charge is -2.29. The van der Waals surface area contributed by atoms with Crippen LogP contribution in [-0.4, -0.2) is 61.3 Å². The first-order valence-electron chi connectivity index (χ1n) is 15.8. The van der Waals surface area contributed by atoms with Gasteiger partial charge in [-0.2, -0.15) is 4.98 Å². The molecule has 3 aromatic heterocycles. The molecule has 1 aromatic carbocycles. The van der Waals surface area contributed by atoms with Gasteiger partial charge in [0.25, 0.3) is 5.56 Å². The fraction of sp³-hybridized carbons (Fsp3) is 0.500. The minimum atomic E-state index is -0.142. The smallest absolute Gasteiger partial charge is 0.278 e. The summed E-state index contributed by atoms with van der Waals surface area (Å²) in [5, 5.41) is 3.86. The van der Waals surface area contributed by atoms with Crippen LogP contribution in [0.3, 0.4) is 0 Å². The Morgan fingerprint density at radius 2 is 1.98 bits per heavy atom. The number of carbonyl (C=O) groups excluding carboxylic acids is 1. The van der Waals surface area contributed by atoms with Gasteiger partial charge in [0.2, 0.25) is 5.95 Å². The predicted molar refractivity (Wildman–Crippen MR) is 172 cm³/mol. The van der Waals surface area contributed by atoms with Gasteiger partial charge in [-0.3, -0.25) is 19.5 Å². The van der Waals surface area contributed by atoms with Gasteiger partial charge < -0.3 is 10.1 Å². The minimum absolute atomic E-state index is 0.0815. The maximum absolute atomic E-state index is 13.5. The van der Waals surface area contributed by atoms with Crippen molar-refractivity contribution in [3.05, 3.63) is 69.9 Å². The van der Waals surface area contributed by atoms with Gasteiger partial charge in [-0.25, -0.2) is 14.3 Å². The molecule has 0 spiro atoms. The summed E-state index contributed by atoms with van der Waals surface area (Å²) in [6, 6.07) is 10.3. The summed E-state index contributed by atoms with van der Waals surface area (Å²) in [6.07, 6.45) is 6.76. The molecule has 4 aromatic rings. The van der Waals surface area contributed by atoms with E-state index in [0.29, 0.717) is 42.4 Å². The highest BCUT2D eigenvalue weighted by Gasteiger charge is 2.24. The molecule has 6 rings (SSSR count). The van der Waals surface area contributed by atoms with Crippen molar-refractivity contribution in [1.29, 1.82) is 0 Å². The van der Waals surface area contributed by atoms with Gasteiger partial charge >= 0.3 is 0 Å². The van der Waals surface area contributed by atoms with Crippen LogP contribution in [0.25, 0.3) is 16.7 Å². The Kier molecular flexibility index (Phi) is 8.39. The van der Waals surface area contributed by atoms with Crippen LogP contribution in [0, 0.1) is 5.92 Å². The van der Waals surface area contributed by atoms with Crippen LogP contribution >= 0.6 is 0 Å². The van der Waals surface area contributed by atoms with E-state index >= 15 is 0 Å². The van der Waals surface area contributed by atoms with E-state index in [-0.39, 0.29) is 22.9 Å². The molecule has 0 amide bonds. The lowest BCUT2D eigenvalue weighted by molar-refractivity contribution is -0.123. The number of ether oxygens (including phenoxy) is 1. The van der Waals surface area contributed by atoms with Crippen molar-refractivity contribution in [3.8, 4) is 5.69 Å². The average Bonchev–Trinajstić information content (AvgIpc) is 3.64. The van der Waals surface area contributed by atoms with Crippen LogP contribution in [0.2, 0.25) is 0 Å². The van der Waals surface area contributed by atoms with E-state index in [0.717, 1.165) is 56.0 Å². The van der Waals surface area contributed by atoms with Crippen molar-refractivity contribution in [2.24, 2.45) is 5.92 Å². The van der Waals surface area contributed by atoms with Gasteiger partial charge in [0, 0.05) is 67.3 Å². The molecule has 0 radical (unpaired) electrons. The van der Waals surface area contributed by atoms with E-state index in [2.05, 4.69) is 59.2 Å². The number of ketones is 1. The van der Waals surface area contributed by atoms with E-state index in [4.69, 9.17) is 9.72 Å². The minimum Gasteiger partial charge on any atom is -0.381 e. The maximum atomic E-state index is 13.5. The summed E-state index contributed by atoms with van der Waals surface area (Å²) in [4.78, 5) is 42.3. The summed E-state index contributed by atoms with van der Waals surface area (Å²) in [6.45, 7) is 14.5. The molecular weight excluding hydrogens is 554 g/mol. The summed E-state index contributed by atoms with van der Waals surface area (Å²) in [5.74, 6) is 0.892. The molecule has 1 saturated heterocycles. The number of rotatable bonds is 9. The average molecular weight is 598 g/mol. The zero-order chi connectivity index (χ0) is 31.0. The van der Waals surface area contributed by atoms with E-state index in [1.165, 1.54) is 11.1 Å². The molecule has 44 heavy (non-hydrogen) atoms. The van der Waals surface area contributed by atoms with Crippen LogP contribution in [-0.2, 0) is 27.9 Å². The highest BCUT2D eigenvalue weighted by atomic mass is 16.5. The standard InChI is InChI=1S/C34H43N7O3/c1-22(2)40-32(43)28-19-36-33(38-31(28)41(40)27-10-13-35-30(18-27)34(3,4)5)37-26-9-8-24-20-39(15-11-23(24)17-26)14-6-7-29(42)25-12-16-44-21-25/h8-10,13,17-19,22,25H,6-7,11-12,14-16,20-21H2,1-5H3,(H,36,37,38). The van der Waals surface area contributed by atoms with E-state index < -0.39 is 0 Å². The molecule has 2 aliphatic heterocycles. The zero-order valence-corrected chi connectivity index (χ0v) is 26.5. The van der Waals surface area contributed by atoms with Crippen molar-refractivity contribution in [1.82, 2.24) is 29.2 Å². The molecular formula is C34H43N7O3. The molecule has 1 atom stereocenters. The second-order valence-corrected chi connectivity index (χ2v) is 13.4. The number of pyridine rings is 1. The number of aromatic nitrogens is 5. The van der Waals surface area contributed by atoms with Gasteiger partial charge in [-0.05, 0) is 75.0 Å². The van der Waals surface area contributed by atoms with Crippen molar-refractivity contribution < 1.29 is 9.53 Å². The third-order valence-electron chi connectivity index (χ3n) is 8.71. The van der Waals surface area contributed by atoms with Crippen LogP contribution < -0.4 is 10.9 Å². The molecule has 10 heteroatoms. The predicted octanol–water partition coefficient (Wildman–Crippen LogP) is 5.34. The van der Waals surface area contributed by atoms with Gasteiger partial charge in [0.1, 0.15) is 11.2 Å². The van der Waals surface area contributed by atoms with Crippen molar-refractivity contribution in [2.45, 2.75) is 78.3 Å². The molecule has 1 fully saturated rings. The Morgan fingerprint density at radius 1 is 1.14 bits per heavy atom. The number of nitrogens with zero attached hydrogens (tertiary/aromatic N) is 6. The van der Waals surface area contributed by atoms with Gasteiger partial charge in [-0.1, -0.05) is 26.8 Å². The molecule has 10 nitrogen and oxygen atoms in total. The number of anilines is 2. The Labute approximate surface area is 258 Å². The largest absolute Gasteiger partial charge is 0.381 e. The van der Waals surface area contributed by atoms with Crippen LogP contribution in [0.4, 0.5) is 11.6 Å². The molecule has 1 unspecified atom stereocenters. The van der Waals surface area contributed by atoms with Gasteiger partial charge in [0.15, 0.2) is 5.65 Å². The fourth-order valence-corrected chi connectivity index (χ4v) is 6.21. The number of carbonyl (C=O) groups is 1. The molecule has 0 saturated carbocycles. The Morgan fingerprint density at radius 3 is 2.73 bits per heavy atom. The summed E-state index contributed by atoms with van der Waals surface area (Å²) in [7, 11) is 0. The molecule has 0 aliphatic carbocycles. The number of fused-ring (bicyclic) bond motifs is 2. The van der Waals surface area contributed by atoms with E-state index in [9.17, 15) is 9.59 Å². The Bertz CT molecular complexity index is 1730. The van der Waals surface area contributed by atoms with E-state index in [1.807, 2.05) is 30.7 Å². The quantitative estimate of drug-likeness (QED) is 0.276. The lowest BCUT2D eigenvalue weighted by atomic mass is 9.91. The first-order chi connectivity index (χ1) is 21.1. The Hall–Kier alpha value is -3.89. The van der Waals surface area contributed by atoms with Crippen LogP contribution in [0.15, 0.2) is 47.5 Å². The SMILES string of the molecule is CC(C)n1c(=O)c2cnc(Nc3ccc4c(c3)CCN(CCCC(=O)C3CCOC3)C4)nc2n1-c1ccnc(C(C)(C)C)c1. The number of Topliss-reactive ketones (excluding diaryl/α,β-unsaturated/α-hetero) is 1. The third kappa shape index (κ3) is 6.19. The molecule has 232 valence electrons. The summed E-state index contributed by atoms with van der Waals surface area (Å²) < 4.78 is 8.99. The second-order valence-electron chi connectivity index (χ2n) is 13.4. The Balaban J connectivity index is 1.20. The van der Waals surface area contributed by atoms with Crippen molar-refractivity contribution in [3.63, 3.8) is 0 Å². The summed E-state index contributed by atoms with van der Waals surface area (Å²) >= 11 is 0. The molecule has 0 bridgehead atoms. The zero-order valence-electron chi connectivity index (χ0n) is 26.5. The fourth-order valence-electron chi connectivity index (χ4n) is 6.21. The number of hydrogen-bond acceptors (Lipinski definition) is 8. The molecule has 1 N–H and O–H groups in total. The highest BCUT2D eigenvalue weighted by Crippen LogP contribution is 2.27. The number of benzene rings is 1. The maximum Gasteiger partial charge on any atom is 0.278 e. The van der Waals surface area contributed by atoms with Crippen molar-refractivity contribution >= 4 is 28.5 Å². The monoisotopic (exact) mass is 597 g/mol. The molecule has 5 heterocycles. The lowest BCUT2D eigenvalue weighted by Crippen LogP contribution is -2.31. The number of nitrogens with one attached hydrogen (secondary N) is 1. The van der Waals surface area contributed by atoms with Crippen molar-refractivity contribution in [2.75, 3.05) is 31.6 Å². The topological polar surface area (TPSA) is 107 Å². The van der Waals surface area contributed by atoms with Gasteiger partial charge in [0.05, 0.1) is 12.3 Å². The normalized spacial score (nSPS) is 17.4. The highest BCUT2D eigenvalue weighted by molar-refractivity contribution is 5.81. The van der Waals surface area contributed by atoms with Crippen LogP contribution in [0.5, 0.6) is 0 Å².